The first-order valence-corrected chi connectivity index (χ1v) is 9.21. The van der Waals surface area contributed by atoms with Gasteiger partial charge in [-0.3, -0.25) is 4.79 Å². The van der Waals surface area contributed by atoms with E-state index in [1.807, 2.05) is 12.1 Å². The second kappa shape index (κ2) is 6.90. The Hall–Kier alpha value is -1.93. The van der Waals surface area contributed by atoms with Gasteiger partial charge >= 0.3 is 0 Å². The molecule has 124 valence electrons. The van der Waals surface area contributed by atoms with E-state index in [-0.39, 0.29) is 12.0 Å². The third kappa shape index (κ3) is 3.03. The van der Waals surface area contributed by atoms with E-state index in [4.69, 9.17) is 0 Å². The first-order chi connectivity index (χ1) is 11.8. The molecular formula is C22H25NO. The van der Waals surface area contributed by atoms with E-state index in [1.165, 1.54) is 36.8 Å². The Bertz CT molecular complexity index is 642. The molecule has 3 atom stereocenters. The lowest BCUT2D eigenvalue weighted by Crippen LogP contribution is -2.56. The predicted molar refractivity (Wildman–Crippen MR) is 97.0 cm³/mol. The molecule has 2 heteroatoms. The maximum atomic E-state index is 13.0. The van der Waals surface area contributed by atoms with Gasteiger partial charge in [-0.05, 0) is 29.9 Å². The number of benzene rings is 2. The maximum Gasteiger partial charge on any atom is 0.151 e. The van der Waals surface area contributed by atoms with Crippen LogP contribution in [0.2, 0.25) is 0 Å². The smallest absolute Gasteiger partial charge is 0.151 e. The van der Waals surface area contributed by atoms with Crippen LogP contribution in [0.15, 0.2) is 60.7 Å². The SMILES string of the molecule is O=C1CC2CCCCC2NC1C(c1ccccc1)c1ccccc1. The van der Waals surface area contributed by atoms with Gasteiger partial charge in [0, 0.05) is 18.4 Å². The molecular weight excluding hydrogens is 294 g/mol. The Kier molecular flexibility index (Phi) is 4.48. The number of rotatable bonds is 3. The van der Waals surface area contributed by atoms with Crippen molar-refractivity contribution in [3.63, 3.8) is 0 Å². The van der Waals surface area contributed by atoms with Crippen LogP contribution in [0.4, 0.5) is 0 Å². The van der Waals surface area contributed by atoms with E-state index in [0.29, 0.717) is 17.7 Å². The first kappa shape index (κ1) is 15.6. The second-order valence-corrected chi connectivity index (χ2v) is 7.26. The van der Waals surface area contributed by atoms with Gasteiger partial charge in [0.05, 0.1) is 6.04 Å². The fourth-order valence-corrected chi connectivity index (χ4v) is 4.56. The fourth-order valence-electron chi connectivity index (χ4n) is 4.56. The van der Waals surface area contributed by atoms with Gasteiger partial charge in [0.1, 0.15) is 0 Å². The number of carbonyl (C=O) groups excluding carboxylic acids is 1. The number of fused-ring (bicyclic) bond motifs is 1. The molecule has 1 aliphatic heterocycles. The van der Waals surface area contributed by atoms with Crippen molar-refractivity contribution < 1.29 is 4.79 Å². The molecule has 2 aliphatic rings. The van der Waals surface area contributed by atoms with Crippen LogP contribution in [0, 0.1) is 5.92 Å². The lowest BCUT2D eigenvalue weighted by atomic mass is 9.73. The summed E-state index contributed by atoms with van der Waals surface area (Å²) in [5.41, 5.74) is 2.45. The Morgan fingerprint density at radius 2 is 1.42 bits per heavy atom. The molecule has 2 fully saturated rings. The molecule has 0 amide bonds. The van der Waals surface area contributed by atoms with Crippen molar-refractivity contribution >= 4 is 5.78 Å². The number of hydrogen-bond acceptors (Lipinski definition) is 2. The van der Waals surface area contributed by atoms with Gasteiger partial charge in [-0.25, -0.2) is 0 Å². The van der Waals surface area contributed by atoms with Crippen molar-refractivity contribution in [2.45, 2.75) is 50.1 Å². The third-order valence-electron chi connectivity index (χ3n) is 5.76. The van der Waals surface area contributed by atoms with Gasteiger partial charge in [0.2, 0.25) is 0 Å². The minimum Gasteiger partial charge on any atom is -0.304 e. The topological polar surface area (TPSA) is 29.1 Å². The van der Waals surface area contributed by atoms with Crippen molar-refractivity contribution in [2.24, 2.45) is 5.92 Å². The van der Waals surface area contributed by atoms with Crippen LogP contribution in [-0.4, -0.2) is 17.9 Å². The highest BCUT2D eigenvalue weighted by molar-refractivity contribution is 5.87. The average molecular weight is 319 g/mol. The molecule has 0 radical (unpaired) electrons. The minimum atomic E-state index is -0.103. The molecule has 0 aromatic heterocycles. The van der Waals surface area contributed by atoms with Crippen molar-refractivity contribution in [1.29, 1.82) is 0 Å². The lowest BCUT2D eigenvalue weighted by Gasteiger charge is -2.42. The molecule has 1 heterocycles. The first-order valence-electron chi connectivity index (χ1n) is 9.21. The zero-order valence-electron chi connectivity index (χ0n) is 14.0. The Balaban J connectivity index is 1.69. The van der Waals surface area contributed by atoms with Crippen LogP contribution in [-0.2, 0) is 4.79 Å². The highest BCUT2D eigenvalue weighted by Crippen LogP contribution is 2.37. The van der Waals surface area contributed by atoms with Gasteiger partial charge in [-0.2, -0.15) is 0 Å². The van der Waals surface area contributed by atoms with Gasteiger partial charge in [0.15, 0.2) is 5.78 Å². The third-order valence-corrected chi connectivity index (χ3v) is 5.76. The van der Waals surface area contributed by atoms with E-state index >= 15 is 0 Å². The standard InChI is InChI=1S/C22H25NO/c24-20-15-18-13-7-8-14-19(18)23-22(20)21(16-9-3-1-4-10-16)17-11-5-2-6-12-17/h1-6,9-12,18-19,21-23H,7-8,13-15H2. The molecule has 1 saturated heterocycles. The number of piperidine rings is 1. The quantitative estimate of drug-likeness (QED) is 0.913. The molecule has 24 heavy (non-hydrogen) atoms. The summed E-state index contributed by atoms with van der Waals surface area (Å²) < 4.78 is 0. The summed E-state index contributed by atoms with van der Waals surface area (Å²) in [6.07, 6.45) is 5.73. The molecule has 0 spiro atoms. The summed E-state index contributed by atoms with van der Waals surface area (Å²) in [6, 6.07) is 21.4. The van der Waals surface area contributed by atoms with E-state index in [2.05, 4.69) is 53.8 Å². The molecule has 1 aliphatic carbocycles. The van der Waals surface area contributed by atoms with E-state index in [9.17, 15) is 4.79 Å². The van der Waals surface area contributed by atoms with E-state index < -0.39 is 0 Å². The van der Waals surface area contributed by atoms with Crippen LogP contribution in [0.3, 0.4) is 0 Å². The average Bonchev–Trinajstić information content (AvgIpc) is 2.64. The van der Waals surface area contributed by atoms with E-state index in [0.717, 1.165) is 6.42 Å². The summed E-state index contributed by atoms with van der Waals surface area (Å²) in [5.74, 6) is 1.04. The second-order valence-electron chi connectivity index (χ2n) is 7.26. The van der Waals surface area contributed by atoms with Crippen LogP contribution < -0.4 is 5.32 Å². The summed E-state index contributed by atoms with van der Waals surface area (Å²) >= 11 is 0. The van der Waals surface area contributed by atoms with Crippen molar-refractivity contribution in [3.8, 4) is 0 Å². The summed E-state index contributed by atoms with van der Waals surface area (Å²) in [7, 11) is 0. The molecule has 1 saturated carbocycles. The van der Waals surface area contributed by atoms with Gasteiger partial charge in [-0.1, -0.05) is 73.5 Å². The molecule has 1 N–H and O–H groups in total. The zero-order chi connectivity index (χ0) is 16.4. The van der Waals surface area contributed by atoms with Crippen molar-refractivity contribution in [3.05, 3.63) is 71.8 Å². The largest absolute Gasteiger partial charge is 0.304 e. The predicted octanol–water partition coefficient (Wildman–Crippen LogP) is 4.31. The van der Waals surface area contributed by atoms with Crippen molar-refractivity contribution in [2.75, 3.05) is 0 Å². The number of carbonyl (C=O) groups is 1. The maximum absolute atomic E-state index is 13.0. The number of Topliss-reactive ketones (excluding diaryl/α,β-unsaturated/α-hetero) is 1. The summed E-state index contributed by atoms with van der Waals surface area (Å²) in [6.45, 7) is 0. The van der Waals surface area contributed by atoms with Gasteiger partial charge < -0.3 is 5.32 Å². The van der Waals surface area contributed by atoms with Crippen LogP contribution in [0.5, 0.6) is 0 Å². The molecule has 3 unspecified atom stereocenters. The monoisotopic (exact) mass is 319 g/mol. The molecule has 2 nitrogen and oxygen atoms in total. The lowest BCUT2D eigenvalue weighted by molar-refractivity contribution is -0.125. The Labute approximate surface area is 144 Å². The normalized spacial score (nSPS) is 27.0. The molecule has 2 aromatic rings. The number of hydrogen-bond donors (Lipinski definition) is 1. The highest BCUT2D eigenvalue weighted by Gasteiger charge is 2.40. The zero-order valence-corrected chi connectivity index (χ0v) is 14.0. The van der Waals surface area contributed by atoms with Gasteiger partial charge in [0.25, 0.3) is 0 Å². The summed E-state index contributed by atoms with van der Waals surface area (Å²) in [5, 5.41) is 3.75. The number of nitrogens with one attached hydrogen (secondary N) is 1. The van der Waals surface area contributed by atoms with E-state index in [1.54, 1.807) is 0 Å². The van der Waals surface area contributed by atoms with Crippen LogP contribution in [0.25, 0.3) is 0 Å². The molecule has 2 aromatic carbocycles. The Morgan fingerprint density at radius 1 is 0.833 bits per heavy atom. The number of ketones is 1. The Morgan fingerprint density at radius 3 is 2.04 bits per heavy atom. The van der Waals surface area contributed by atoms with Crippen LogP contribution >= 0.6 is 0 Å². The van der Waals surface area contributed by atoms with Crippen LogP contribution in [0.1, 0.15) is 49.1 Å². The molecule has 0 bridgehead atoms. The highest BCUT2D eigenvalue weighted by atomic mass is 16.1. The minimum absolute atomic E-state index is 0.0998. The van der Waals surface area contributed by atoms with Gasteiger partial charge in [-0.15, -0.1) is 0 Å². The fraction of sp³-hybridized carbons (Fsp3) is 0.409. The summed E-state index contributed by atoms with van der Waals surface area (Å²) in [4.78, 5) is 13.0. The molecule has 4 rings (SSSR count). The van der Waals surface area contributed by atoms with Crippen molar-refractivity contribution in [1.82, 2.24) is 5.32 Å².